The molecule has 0 unspecified atom stereocenters. The van der Waals surface area contributed by atoms with Gasteiger partial charge in [0, 0.05) is 10.4 Å². The molecular weight excluding hydrogens is 393 g/mol. The molecule has 0 amide bonds. The Morgan fingerprint density at radius 2 is 1.75 bits per heavy atom. The van der Waals surface area contributed by atoms with E-state index in [1.165, 1.54) is 0 Å². The number of rotatable bonds is 9. The average Bonchev–Trinajstić information content (AvgIpc) is 3.30. The van der Waals surface area contributed by atoms with Crippen LogP contribution >= 0.6 is 18.9 Å². The zero-order valence-electron chi connectivity index (χ0n) is 16.7. The molecule has 0 bridgehead atoms. The fraction of sp³-hybridized carbons (Fsp3) is 0.381. The number of nitrogens with zero attached hydrogens (tertiary/aromatic N) is 1. The summed E-state index contributed by atoms with van der Waals surface area (Å²) in [5.74, 6) is 1.07. The number of benzene rings is 1. The summed E-state index contributed by atoms with van der Waals surface area (Å²) >= 11 is 1.67. The van der Waals surface area contributed by atoms with E-state index in [0.29, 0.717) is 11.7 Å². The molecular formula is C21H26NO4PS. The monoisotopic (exact) mass is 419 g/mol. The third kappa shape index (κ3) is 4.64. The summed E-state index contributed by atoms with van der Waals surface area (Å²) in [5, 5.41) is 0.946. The molecule has 0 aliphatic rings. The van der Waals surface area contributed by atoms with Crippen LogP contribution in [0.4, 0.5) is 0 Å². The largest absolute Gasteiger partial charge is 0.446 e. The molecule has 3 rings (SSSR count). The van der Waals surface area contributed by atoms with Gasteiger partial charge in [-0.3, -0.25) is 4.57 Å². The minimum atomic E-state index is -3.46. The zero-order valence-corrected chi connectivity index (χ0v) is 18.4. The number of hydrogen-bond donors (Lipinski definition) is 0. The first-order valence-electron chi connectivity index (χ1n) is 9.51. The molecule has 2 heterocycles. The van der Waals surface area contributed by atoms with Crippen LogP contribution < -0.4 is 5.50 Å². The number of furan rings is 1. The van der Waals surface area contributed by atoms with E-state index in [-0.39, 0.29) is 18.7 Å². The van der Waals surface area contributed by atoms with E-state index in [9.17, 15) is 4.57 Å². The van der Waals surface area contributed by atoms with Gasteiger partial charge in [0.2, 0.25) is 5.50 Å². The van der Waals surface area contributed by atoms with Crippen LogP contribution in [-0.4, -0.2) is 18.2 Å². The first kappa shape index (κ1) is 21.0. The number of hydrogen-bond acceptors (Lipinski definition) is 6. The quantitative estimate of drug-likeness (QED) is 0.389. The van der Waals surface area contributed by atoms with Crippen molar-refractivity contribution >= 4 is 24.4 Å². The predicted octanol–water partition coefficient (Wildman–Crippen LogP) is 6.16. The molecule has 150 valence electrons. The molecule has 0 saturated carbocycles. The van der Waals surface area contributed by atoms with Gasteiger partial charge in [-0.2, -0.15) is 0 Å². The van der Waals surface area contributed by atoms with Crippen molar-refractivity contribution in [2.75, 3.05) is 13.2 Å². The average molecular weight is 419 g/mol. The van der Waals surface area contributed by atoms with Crippen LogP contribution in [0.1, 0.15) is 32.6 Å². The summed E-state index contributed by atoms with van der Waals surface area (Å²) in [6, 6.07) is 13.6. The van der Waals surface area contributed by atoms with Crippen molar-refractivity contribution in [2.24, 2.45) is 5.92 Å². The molecule has 0 saturated heterocycles. The molecule has 0 N–H and O–H groups in total. The highest BCUT2D eigenvalue weighted by atomic mass is 32.1. The molecule has 0 fully saturated rings. The molecule has 2 aromatic heterocycles. The normalized spacial score (nSPS) is 12.0. The van der Waals surface area contributed by atoms with Crippen LogP contribution in [-0.2, 0) is 20.0 Å². The van der Waals surface area contributed by atoms with Crippen molar-refractivity contribution in [2.45, 2.75) is 34.1 Å². The Labute approximate surface area is 170 Å². The van der Waals surface area contributed by atoms with Crippen LogP contribution in [0.2, 0.25) is 0 Å². The molecule has 0 aliphatic carbocycles. The van der Waals surface area contributed by atoms with Gasteiger partial charge in [0.05, 0.1) is 13.2 Å². The van der Waals surface area contributed by atoms with E-state index in [0.717, 1.165) is 27.6 Å². The first-order chi connectivity index (χ1) is 13.5. The highest BCUT2D eigenvalue weighted by molar-refractivity contribution is 7.61. The van der Waals surface area contributed by atoms with Crippen LogP contribution in [0.15, 0.2) is 46.9 Å². The summed E-state index contributed by atoms with van der Waals surface area (Å²) in [6.45, 7) is 8.47. The Bertz CT molecular complexity index is 938. The maximum absolute atomic E-state index is 13.0. The minimum absolute atomic E-state index is 0.218. The van der Waals surface area contributed by atoms with Gasteiger partial charge >= 0.3 is 7.60 Å². The molecule has 0 aliphatic heterocycles. The van der Waals surface area contributed by atoms with Crippen molar-refractivity contribution in [1.82, 2.24) is 4.98 Å². The van der Waals surface area contributed by atoms with E-state index >= 15 is 0 Å². The highest BCUT2D eigenvalue weighted by Crippen LogP contribution is 2.48. The summed E-state index contributed by atoms with van der Waals surface area (Å²) in [5.41, 5.74) is 2.09. The van der Waals surface area contributed by atoms with Gasteiger partial charge in [0.25, 0.3) is 0 Å². The van der Waals surface area contributed by atoms with E-state index in [4.69, 9.17) is 18.4 Å². The highest BCUT2D eigenvalue weighted by Gasteiger charge is 2.31. The molecule has 28 heavy (non-hydrogen) atoms. The number of thiazole rings is 1. The van der Waals surface area contributed by atoms with Crippen molar-refractivity contribution in [3.8, 4) is 22.0 Å². The predicted molar refractivity (Wildman–Crippen MR) is 114 cm³/mol. The summed E-state index contributed by atoms with van der Waals surface area (Å²) in [7, 11) is -3.46. The Hall–Kier alpha value is -1.72. The molecule has 0 spiro atoms. The van der Waals surface area contributed by atoms with Gasteiger partial charge in [-0.15, -0.1) is 11.3 Å². The van der Waals surface area contributed by atoms with E-state index < -0.39 is 7.60 Å². The SMILES string of the molecule is CCOP(=O)(OCC)c1ccc(-c2nc(-c3ccccc3)sc2CC(C)C)o1. The third-order valence-corrected chi connectivity index (χ3v) is 7.11. The summed E-state index contributed by atoms with van der Waals surface area (Å²) < 4.78 is 29.7. The maximum atomic E-state index is 13.0. The molecule has 5 nitrogen and oxygen atoms in total. The lowest BCUT2D eigenvalue weighted by Gasteiger charge is -2.13. The van der Waals surface area contributed by atoms with Crippen LogP contribution in [0.25, 0.3) is 22.0 Å². The van der Waals surface area contributed by atoms with E-state index in [1.807, 2.05) is 30.3 Å². The Kier molecular flexibility index (Phi) is 6.89. The van der Waals surface area contributed by atoms with Crippen LogP contribution in [0, 0.1) is 5.92 Å². The third-order valence-electron chi connectivity index (χ3n) is 4.00. The standard InChI is InChI=1S/C21H26NO4PS/c1-5-24-27(23,25-6-2)19-13-12-17(26-19)20-18(14-15(3)4)28-21(22-20)16-10-8-7-9-11-16/h7-13,15H,5-6,14H2,1-4H3. The number of aromatic nitrogens is 1. The Morgan fingerprint density at radius 1 is 1.07 bits per heavy atom. The van der Waals surface area contributed by atoms with E-state index in [1.54, 1.807) is 37.3 Å². The summed E-state index contributed by atoms with van der Waals surface area (Å²) in [6.07, 6.45) is 0.893. The van der Waals surface area contributed by atoms with Gasteiger partial charge in [-0.05, 0) is 38.3 Å². The van der Waals surface area contributed by atoms with Crippen LogP contribution in [0.5, 0.6) is 0 Å². The lowest BCUT2D eigenvalue weighted by Crippen LogP contribution is -2.08. The first-order valence-corrected chi connectivity index (χ1v) is 11.9. The van der Waals surface area contributed by atoms with Gasteiger partial charge in [-0.1, -0.05) is 44.2 Å². The van der Waals surface area contributed by atoms with Crippen molar-refractivity contribution < 1.29 is 18.0 Å². The molecule has 0 atom stereocenters. The molecule has 0 radical (unpaired) electrons. The minimum Gasteiger partial charge on any atom is -0.446 e. The maximum Gasteiger partial charge on any atom is 0.396 e. The fourth-order valence-corrected chi connectivity index (χ4v) is 5.62. The van der Waals surface area contributed by atoms with Crippen molar-refractivity contribution in [3.63, 3.8) is 0 Å². The second-order valence-electron chi connectivity index (χ2n) is 6.73. The van der Waals surface area contributed by atoms with Gasteiger partial charge in [0.1, 0.15) is 10.7 Å². The van der Waals surface area contributed by atoms with Gasteiger partial charge < -0.3 is 13.5 Å². The second kappa shape index (κ2) is 9.19. The molecule has 3 aromatic rings. The zero-order chi connectivity index (χ0) is 20.1. The lowest BCUT2D eigenvalue weighted by molar-refractivity contribution is 0.225. The van der Waals surface area contributed by atoms with Crippen LogP contribution in [0.3, 0.4) is 0 Å². The van der Waals surface area contributed by atoms with Gasteiger partial charge in [0.15, 0.2) is 5.76 Å². The second-order valence-corrected chi connectivity index (χ2v) is 9.76. The van der Waals surface area contributed by atoms with Gasteiger partial charge in [-0.25, -0.2) is 4.98 Å². The smallest absolute Gasteiger partial charge is 0.396 e. The van der Waals surface area contributed by atoms with E-state index in [2.05, 4.69) is 13.8 Å². The Balaban J connectivity index is 2.02. The van der Waals surface area contributed by atoms with Crippen molar-refractivity contribution in [1.29, 1.82) is 0 Å². The topological polar surface area (TPSA) is 61.6 Å². The summed E-state index contributed by atoms with van der Waals surface area (Å²) in [4.78, 5) is 5.99. The molecule has 1 aromatic carbocycles. The van der Waals surface area contributed by atoms with Crippen molar-refractivity contribution in [3.05, 3.63) is 47.3 Å². The molecule has 7 heteroatoms. The fourth-order valence-electron chi connectivity index (χ4n) is 2.86. The lowest BCUT2D eigenvalue weighted by atomic mass is 10.1. The Morgan fingerprint density at radius 3 is 2.36 bits per heavy atom.